The van der Waals surface area contributed by atoms with E-state index in [9.17, 15) is 5.11 Å². The van der Waals surface area contributed by atoms with Crippen molar-refractivity contribution in [2.75, 3.05) is 24.6 Å². The fraction of sp³-hybridized carbons (Fsp3) is 0.571. The zero-order valence-corrected chi connectivity index (χ0v) is 12.9. The summed E-state index contributed by atoms with van der Waals surface area (Å²) >= 11 is 5.11. The minimum Gasteiger partial charge on any atom is -0.394 e. The highest BCUT2D eigenvalue weighted by Crippen LogP contribution is 2.27. The molecule has 20 heavy (non-hydrogen) atoms. The molecular formula is C14H21N3O2S. The summed E-state index contributed by atoms with van der Waals surface area (Å²) in [6.45, 7) is 7.16. The number of rotatable bonds is 3. The number of thiocarbonyl (C=S) groups is 1. The lowest BCUT2D eigenvalue weighted by Gasteiger charge is -2.43. The molecule has 0 bridgehead atoms. The van der Waals surface area contributed by atoms with Crippen LogP contribution in [-0.2, 0) is 4.74 Å². The summed E-state index contributed by atoms with van der Waals surface area (Å²) in [5, 5.41) is 9.40. The van der Waals surface area contributed by atoms with E-state index in [2.05, 4.69) is 9.88 Å². The molecule has 1 atom stereocenters. The Balaban J connectivity index is 2.39. The van der Waals surface area contributed by atoms with Crippen molar-refractivity contribution < 1.29 is 9.84 Å². The molecule has 0 radical (unpaired) electrons. The van der Waals surface area contributed by atoms with Crippen molar-refractivity contribution >= 4 is 23.0 Å². The topological polar surface area (TPSA) is 71.6 Å². The highest BCUT2D eigenvalue weighted by atomic mass is 32.1. The van der Waals surface area contributed by atoms with Gasteiger partial charge in [0.1, 0.15) is 10.8 Å². The Labute approximate surface area is 124 Å². The Morgan fingerprint density at radius 1 is 1.60 bits per heavy atom. The SMILES string of the molecule is Cc1ccc(C(N)=S)c(N2CC(CO)OC(C)(C)C2)n1. The molecule has 1 unspecified atom stereocenters. The quantitative estimate of drug-likeness (QED) is 0.811. The van der Waals surface area contributed by atoms with E-state index >= 15 is 0 Å². The average Bonchev–Trinajstić information content (AvgIpc) is 2.36. The third kappa shape index (κ3) is 3.26. The van der Waals surface area contributed by atoms with Gasteiger partial charge in [0.15, 0.2) is 0 Å². The number of aryl methyl sites for hydroxylation is 1. The first-order valence-corrected chi connectivity index (χ1v) is 7.04. The van der Waals surface area contributed by atoms with Crippen LogP contribution >= 0.6 is 12.2 Å². The van der Waals surface area contributed by atoms with Gasteiger partial charge in [0.05, 0.1) is 23.9 Å². The second kappa shape index (κ2) is 5.63. The third-order valence-electron chi connectivity index (χ3n) is 3.26. The molecule has 1 aliphatic heterocycles. The predicted molar refractivity (Wildman–Crippen MR) is 83.1 cm³/mol. The van der Waals surface area contributed by atoms with Gasteiger partial charge in [0.2, 0.25) is 0 Å². The normalized spacial score (nSPS) is 21.8. The number of aromatic nitrogens is 1. The van der Waals surface area contributed by atoms with Gasteiger partial charge in [0, 0.05) is 18.8 Å². The zero-order valence-electron chi connectivity index (χ0n) is 12.1. The molecule has 0 aliphatic carbocycles. The lowest BCUT2D eigenvalue weighted by atomic mass is 10.0. The van der Waals surface area contributed by atoms with Crippen LogP contribution in [0.4, 0.5) is 5.82 Å². The van der Waals surface area contributed by atoms with Crippen LogP contribution in [0.3, 0.4) is 0 Å². The number of aliphatic hydroxyl groups is 1. The lowest BCUT2D eigenvalue weighted by molar-refractivity contribution is -0.101. The Morgan fingerprint density at radius 2 is 2.30 bits per heavy atom. The van der Waals surface area contributed by atoms with Crippen molar-refractivity contribution in [3.8, 4) is 0 Å². The number of aliphatic hydroxyl groups excluding tert-OH is 1. The molecule has 1 fully saturated rings. The monoisotopic (exact) mass is 295 g/mol. The first kappa shape index (κ1) is 15.2. The van der Waals surface area contributed by atoms with Crippen molar-refractivity contribution in [1.82, 2.24) is 4.98 Å². The molecule has 2 heterocycles. The standard InChI is InChI=1S/C14H21N3O2S/c1-9-4-5-11(12(15)20)13(16-9)17-6-10(7-18)19-14(2,3)8-17/h4-5,10,18H,6-8H2,1-3H3,(H2,15,20). The van der Waals surface area contributed by atoms with Crippen LogP contribution in [-0.4, -0.2) is 46.5 Å². The number of hydrogen-bond acceptors (Lipinski definition) is 5. The van der Waals surface area contributed by atoms with Gasteiger partial charge in [-0.05, 0) is 32.9 Å². The second-order valence-corrected chi connectivity index (χ2v) is 6.19. The van der Waals surface area contributed by atoms with E-state index in [1.54, 1.807) is 0 Å². The summed E-state index contributed by atoms with van der Waals surface area (Å²) in [7, 11) is 0. The van der Waals surface area contributed by atoms with Crippen LogP contribution in [0.25, 0.3) is 0 Å². The minimum absolute atomic E-state index is 0.0197. The Morgan fingerprint density at radius 3 is 2.90 bits per heavy atom. The molecular weight excluding hydrogens is 274 g/mol. The van der Waals surface area contributed by atoms with Gasteiger partial charge >= 0.3 is 0 Å². The van der Waals surface area contributed by atoms with E-state index < -0.39 is 0 Å². The first-order valence-electron chi connectivity index (χ1n) is 6.63. The summed E-state index contributed by atoms with van der Waals surface area (Å²) in [5.41, 5.74) is 7.10. The van der Waals surface area contributed by atoms with E-state index in [-0.39, 0.29) is 18.3 Å². The van der Waals surface area contributed by atoms with Gasteiger partial charge < -0.3 is 20.5 Å². The summed E-state index contributed by atoms with van der Waals surface area (Å²) in [4.78, 5) is 6.99. The van der Waals surface area contributed by atoms with E-state index in [1.165, 1.54) is 0 Å². The van der Waals surface area contributed by atoms with Crippen molar-refractivity contribution in [2.45, 2.75) is 32.5 Å². The molecule has 0 amide bonds. The first-order chi connectivity index (χ1) is 9.32. The van der Waals surface area contributed by atoms with Crippen LogP contribution in [0, 0.1) is 6.92 Å². The maximum absolute atomic E-state index is 9.40. The van der Waals surface area contributed by atoms with Crippen LogP contribution in [0.1, 0.15) is 25.1 Å². The van der Waals surface area contributed by atoms with Crippen LogP contribution in [0.15, 0.2) is 12.1 Å². The minimum atomic E-state index is -0.357. The largest absolute Gasteiger partial charge is 0.394 e. The second-order valence-electron chi connectivity index (χ2n) is 5.75. The van der Waals surface area contributed by atoms with Gasteiger partial charge in [-0.25, -0.2) is 4.98 Å². The number of ether oxygens (including phenoxy) is 1. The predicted octanol–water partition coefficient (Wildman–Crippen LogP) is 1.00. The molecule has 1 saturated heterocycles. The van der Waals surface area contributed by atoms with Gasteiger partial charge in [-0.3, -0.25) is 0 Å². The summed E-state index contributed by atoms with van der Waals surface area (Å²) in [6, 6.07) is 3.80. The molecule has 1 aromatic rings. The van der Waals surface area contributed by atoms with Gasteiger partial charge in [-0.1, -0.05) is 12.2 Å². The number of nitrogens with zero attached hydrogens (tertiary/aromatic N) is 2. The van der Waals surface area contributed by atoms with Crippen molar-refractivity contribution in [3.05, 3.63) is 23.4 Å². The van der Waals surface area contributed by atoms with Crippen LogP contribution < -0.4 is 10.6 Å². The maximum Gasteiger partial charge on any atom is 0.139 e. The fourth-order valence-corrected chi connectivity index (χ4v) is 2.69. The molecule has 1 aliphatic rings. The molecule has 0 spiro atoms. The number of pyridine rings is 1. The molecule has 6 heteroatoms. The van der Waals surface area contributed by atoms with Gasteiger partial charge in [-0.2, -0.15) is 0 Å². The number of anilines is 1. The van der Waals surface area contributed by atoms with Crippen LogP contribution in [0.5, 0.6) is 0 Å². The van der Waals surface area contributed by atoms with Gasteiger partial charge in [-0.15, -0.1) is 0 Å². The van der Waals surface area contributed by atoms with E-state index in [1.807, 2.05) is 32.9 Å². The maximum atomic E-state index is 9.40. The average molecular weight is 295 g/mol. The fourth-order valence-electron chi connectivity index (χ4n) is 2.53. The number of morpholine rings is 1. The third-order valence-corrected chi connectivity index (χ3v) is 3.48. The zero-order chi connectivity index (χ0) is 14.9. The van der Waals surface area contributed by atoms with Crippen molar-refractivity contribution in [1.29, 1.82) is 0 Å². The van der Waals surface area contributed by atoms with Crippen LogP contribution in [0.2, 0.25) is 0 Å². The Hall–Kier alpha value is -1.24. The summed E-state index contributed by atoms with van der Waals surface area (Å²) in [6.07, 6.45) is -0.236. The Bertz CT molecular complexity index is 519. The highest BCUT2D eigenvalue weighted by Gasteiger charge is 2.34. The van der Waals surface area contributed by atoms with E-state index in [0.717, 1.165) is 17.1 Å². The lowest BCUT2D eigenvalue weighted by Crippen LogP contribution is -2.54. The number of hydrogen-bond donors (Lipinski definition) is 2. The van der Waals surface area contributed by atoms with Gasteiger partial charge in [0.25, 0.3) is 0 Å². The molecule has 2 rings (SSSR count). The highest BCUT2D eigenvalue weighted by molar-refractivity contribution is 7.80. The molecule has 0 aromatic carbocycles. The van der Waals surface area contributed by atoms with E-state index in [4.69, 9.17) is 22.7 Å². The molecule has 0 saturated carbocycles. The number of nitrogens with two attached hydrogens (primary N) is 1. The summed E-state index contributed by atoms with van der Waals surface area (Å²) < 4.78 is 5.82. The Kier molecular flexibility index (Phi) is 4.27. The molecule has 110 valence electrons. The van der Waals surface area contributed by atoms with E-state index in [0.29, 0.717) is 18.1 Å². The molecule has 3 N–H and O–H groups in total. The smallest absolute Gasteiger partial charge is 0.139 e. The summed E-state index contributed by atoms with van der Waals surface area (Å²) in [5.74, 6) is 0.771. The van der Waals surface area contributed by atoms with Crippen molar-refractivity contribution in [2.24, 2.45) is 5.73 Å². The molecule has 1 aromatic heterocycles. The van der Waals surface area contributed by atoms with Crippen molar-refractivity contribution in [3.63, 3.8) is 0 Å². The molecule has 5 nitrogen and oxygen atoms in total.